The van der Waals surface area contributed by atoms with Crippen molar-refractivity contribution in [2.75, 3.05) is 6.54 Å². The Morgan fingerprint density at radius 1 is 1.36 bits per heavy atom. The fourth-order valence-corrected chi connectivity index (χ4v) is 1.26. The van der Waals surface area contributed by atoms with Crippen LogP contribution in [0.1, 0.15) is 38.3 Å². The summed E-state index contributed by atoms with van der Waals surface area (Å²) < 4.78 is 1.86. The minimum atomic E-state index is 0.392. The first-order valence-electron chi connectivity index (χ1n) is 5.14. The van der Waals surface area contributed by atoms with E-state index in [0.717, 1.165) is 18.1 Å². The van der Waals surface area contributed by atoms with E-state index in [9.17, 15) is 0 Å². The maximum atomic E-state index is 5.58. The van der Waals surface area contributed by atoms with E-state index in [4.69, 9.17) is 5.73 Å². The lowest BCUT2D eigenvalue weighted by Gasteiger charge is -2.05. The third-order valence-corrected chi connectivity index (χ3v) is 2.32. The van der Waals surface area contributed by atoms with Gasteiger partial charge in [-0.15, -0.1) is 0 Å². The summed E-state index contributed by atoms with van der Waals surface area (Å²) in [5.74, 6) is 2.82. The van der Waals surface area contributed by atoms with Gasteiger partial charge in [-0.3, -0.25) is 4.68 Å². The predicted molar refractivity (Wildman–Crippen MR) is 57.0 cm³/mol. The highest BCUT2D eigenvalue weighted by molar-refractivity contribution is 4.97. The van der Waals surface area contributed by atoms with Crippen LogP contribution in [0.4, 0.5) is 0 Å². The molecule has 0 saturated carbocycles. The van der Waals surface area contributed by atoms with Crippen LogP contribution in [-0.4, -0.2) is 21.3 Å². The maximum absolute atomic E-state index is 5.58. The van der Waals surface area contributed by atoms with Crippen LogP contribution in [-0.2, 0) is 13.5 Å². The fourth-order valence-electron chi connectivity index (χ4n) is 1.26. The predicted octanol–water partition coefficient (Wildman–Crippen LogP) is 1.08. The van der Waals surface area contributed by atoms with Crippen molar-refractivity contribution in [3.63, 3.8) is 0 Å². The summed E-state index contributed by atoms with van der Waals surface area (Å²) in [7, 11) is 1.94. The second kappa shape index (κ2) is 4.55. The average Bonchev–Trinajstić information content (AvgIpc) is 2.48. The van der Waals surface area contributed by atoms with Crippen LogP contribution in [0, 0.1) is 5.92 Å². The summed E-state index contributed by atoms with van der Waals surface area (Å²) in [5.41, 5.74) is 5.58. The molecule has 4 nitrogen and oxygen atoms in total. The molecule has 4 heteroatoms. The lowest BCUT2D eigenvalue weighted by Crippen LogP contribution is -2.15. The molecule has 0 aliphatic rings. The van der Waals surface area contributed by atoms with Crippen molar-refractivity contribution in [1.82, 2.24) is 14.8 Å². The zero-order chi connectivity index (χ0) is 10.7. The number of hydrogen-bond acceptors (Lipinski definition) is 3. The standard InChI is InChI=1S/C10H20N4/c1-7(2)10-12-9(14(4)13-10)5-8(3)6-11/h7-8H,5-6,11H2,1-4H3. The van der Waals surface area contributed by atoms with E-state index < -0.39 is 0 Å². The van der Waals surface area contributed by atoms with Gasteiger partial charge >= 0.3 is 0 Å². The maximum Gasteiger partial charge on any atom is 0.153 e. The van der Waals surface area contributed by atoms with Crippen molar-refractivity contribution < 1.29 is 0 Å². The van der Waals surface area contributed by atoms with E-state index in [1.165, 1.54) is 0 Å². The molecule has 0 bridgehead atoms. The van der Waals surface area contributed by atoms with Crippen LogP contribution in [0.3, 0.4) is 0 Å². The van der Waals surface area contributed by atoms with Gasteiger partial charge < -0.3 is 5.73 Å². The Balaban J connectivity index is 2.77. The third kappa shape index (κ3) is 2.54. The molecule has 1 unspecified atom stereocenters. The highest BCUT2D eigenvalue weighted by atomic mass is 15.3. The molecule has 1 aromatic rings. The summed E-state index contributed by atoms with van der Waals surface area (Å²) in [4.78, 5) is 4.49. The van der Waals surface area contributed by atoms with Gasteiger partial charge in [-0.05, 0) is 12.5 Å². The average molecular weight is 196 g/mol. The van der Waals surface area contributed by atoms with Crippen LogP contribution in [0.2, 0.25) is 0 Å². The minimum Gasteiger partial charge on any atom is -0.330 e. The largest absolute Gasteiger partial charge is 0.330 e. The highest BCUT2D eigenvalue weighted by Gasteiger charge is 2.12. The molecular weight excluding hydrogens is 176 g/mol. The van der Waals surface area contributed by atoms with Crippen LogP contribution < -0.4 is 5.73 Å². The molecule has 0 aromatic carbocycles. The second-order valence-electron chi connectivity index (χ2n) is 4.21. The van der Waals surface area contributed by atoms with Crippen molar-refractivity contribution in [2.45, 2.75) is 33.1 Å². The summed E-state index contributed by atoms with van der Waals surface area (Å²) in [6, 6.07) is 0. The molecule has 0 spiro atoms. The zero-order valence-electron chi connectivity index (χ0n) is 9.49. The first-order valence-corrected chi connectivity index (χ1v) is 5.14. The van der Waals surface area contributed by atoms with Gasteiger partial charge in [0.1, 0.15) is 5.82 Å². The number of aromatic nitrogens is 3. The Kier molecular flexibility index (Phi) is 3.63. The molecule has 1 heterocycles. The fraction of sp³-hybridized carbons (Fsp3) is 0.800. The molecule has 0 amide bonds. The molecule has 1 atom stereocenters. The summed E-state index contributed by atoms with van der Waals surface area (Å²) >= 11 is 0. The highest BCUT2D eigenvalue weighted by Crippen LogP contribution is 2.11. The normalized spacial score (nSPS) is 13.6. The Morgan fingerprint density at radius 2 is 2.00 bits per heavy atom. The minimum absolute atomic E-state index is 0.392. The Morgan fingerprint density at radius 3 is 2.43 bits per heavy atom. The molecule has 1 rings (SSSR count). The zero-order valence-corrected chi connectivity index (χ0v) is 9.49. The van der Waals surface area contributed by atoms with Crippen molar-refractivity contribution in [2.24, 2.45) is 18.7 Å². The lowest BCUT2D eigenvalue weighted by atomic mass is 10.1. The van der Waals surface area contributed by atoms with E-state index in [2.05, 4.69) is 30.9 Å². The quantitative estimate of drug-likeness (QED) is 0.784. The van der Waals surface area contributed by atoms with Gasteiger partial charge in [-0.25, -0.2) is 4.98 Å². The molecule has 0 fully saturated rings. The molecule has 0 saturated heterocycles. The van der Waals surface area contributed by atoms with E-state index in [-0.39, 0.29) is 0 Å². The number of nitrogens with two attached hydrogens (primary N) is 1. The number of nitrogens with zero attached hydrogens (tertiary/aromatic N) is 3. The van der Waals surface area contributed by atoms with E-state index in [1.54, 1.807) is 0 Å². The molecule has 0 aliphatic heterocycles. The first kappa shape index (κ1) is 11.2. The Labute approximate surface area is 85.5 Å². The van der Waals surface area contributed by atoms with Crippen LogP contribution >= 0.6 is 0 Å². The van der Waals surface area contributed by atoms with Gasteiger partial charge in [-0.1, -0.05) is 20.8 Å². The Bertz CT molecular complexity index is 290. The van der Waals surface area contributed by atoms with Crippen molar-refractivity contribution in [3.05, 3.63) is 11.6 Å². The first-order chi connectivity index (χ1) is 6.54. The van der Waals surface area contributed by atoms with Gasteiger partial charge in [-0.2, -0.15) is 5.10 Å². The monoisotopic (exact) mass is 196 g/mol. The van der Waals surface area contributed by atoms with Crippen molar-refractivity contribution in [1.29, 1.82) is 0 Å². The van der Waals surface area contributed by atoms with Gasteiger partial charge in [0.15, 0.2) is 5.82 Å². The number of rotatable bonds is 4. The second-order valence-corrected chi connectivity index (χ2v) is 4.21. The van der Waals surface area contributed by atoms with Gasteiger partial charge in [0, 0.05) is 19.4 Å². The molecule has 1 aromatic heterocycles. The number of hydrogen-bond donors (Lipinski definition) is 1. The van der Waals surface area contributed by atoms with E-state index in [0.29, 0.717) is 18.4 Å². The molecule has 80 valence electrons. The summed E-state index contributed by atoms with van der Waals surface area (Å²) in [5, 5.41) is 4.36. The van der Waals surface area contributed by atoms with Crippen LogP contribution in [0.5, 0.6) is 0 Å². The summed E-state index contributed by atoms with van der Waals surface area (Å²) in [6.07, 6.45) is 0.909. The topological polar surface area (TPSA) is 56.7 Å². The van der Waals surface area contributed by atoms with Crippen LogP contribution in [0.15, 0.2) is 0 Å². The molecular formula is C10H20N4. The smallest absolute Gasteiger partial charge is 0.153 e. The van der Waals surface area contributed by atoms with Gasteiger partial charge in [0.05, 0.1) is 0 Å². The Hall–Kier alpha value is -0.900. The van der Waals surface area contributed by atoms with E-state index >= 15 is 0 Å². The van der Waals surface area contributed by atoms with Crippen molar-refractivity contribution in [3.8, 4) is 0 Å². The molecule has 0 radical (unpaired) electrons. The van der Waals surface area contributed by atoms with Gasteiger partial charge in [0.2, 0.25) is 0 Å². The molecule has 2 N–H and O–H groups in total. The SMILES string of the molecule is CC(CN)Cc1nc(C(C)C)nn1C. The van der Waals surface area contributed by atoms with E-state index in [1.807, 2.05) is 11.7 Å². The number of aryl methyl sites for hydroxylation is 1. The third-order valence-electron chi connectivity index (χ3n) is 2.32. The molecule has 0 aliphatic carbocycles. The molecule has 14 heavy (non-hydrogen) atoms. The van der Waals surface area contributed by atoms with Gasteiger partial charge in [0.25, 0.3) is 0 Å². The van der Waals surface area contributed by atoms with Crippen molar-refractivity contribution >= 4 is 0 Å². The summed E-state index contributed by atoms with van der Waals surface area (Å²) in [6.45, 7) is 7.03. The van der Waals surface area contributed by atoms with Crippen LogP contribution in [0.25, 0.3) is 0 Å². The lowest BCUT2D eigenvalue weighted by molar-refractivity contribution is 0.549.